The Morgan fingerprint density at radius 2 is 1.95 bits per heavy atom. The molecule has 0 bridgehead atoms. The number of para-hydroxylation sites is 1. The molecule has 0 aromatic heterocycles. The lowest BCUT2D eigenvalue weighted by Crippen LogP contribution is -2.37. The molecular weight excluding hydrogens is 276 g/mol. The number of halogens is 1. The van der Waals surface area contributed by atoms with E-state index in [2.05, 4.69) is 24.5 Å². The molecule has 1 rings (SSSR count). The average Bonchev–Trinajstić information content (AvgIpc) is 2.43. The van der Waals surface area contributed by atoms with E-state index in [0.29, 0.717) is 17.3 Å². The summed E-state index contributed by atoms with van der Waals surface area (Å²) in [6, 6.07) is 7.09. The van der Waals surface area contributed by atoms with Crippen molar-refractivity contribution in [2.45, 2.75) is 32.8 Å². The van der Waals surface area contributed by atoms with Crippen molar-refractivity contribution < 1.29 is 9.90 Å². The Kier molecular flexibility index (Phi) is 7.59. The second-order valence-electron chi connectivity index (χ2n) is 4.80. The summed E-state index contributed by atoms with van der Waals surface area (Å²) in [5, 5.41) is 16.1. The van der Waals surface area contributed by atoms with Crippen molar-refractivity contribution in [3.63, 3.8) is 0 Å². The first kappa shape index (κ1) is 17.0. The summed E-state index contributed by atoms with van der Waals surface area (Å²) in [6.07, 6.45) is 1.45. The summed E-state index contributed by atoms with van der Waals surface area (Å²) in [6.45, 7) is 4.69. The second kappa shape index (κ2) is 8.95. The molecule has 0 radical (unpaired) electrons. The van der Waals surface area contributed by atoms with Crippen molar-refractivity contribution in [3.05, 3.63) is 29.3 Å². The Morgan fingerprint density at radius 3 is 2.55 bits per heavy atom. The van der Waals surface area contributed by atoms with Crippen LogP contribution in [-0.2, 0) is 4.79 Å². The first-order valence-electron chi connectivity index (χ1n) is 7.01. The molecule has 1 atom stereocenters. The van der Waals surface area contributed by atoms with E-state index in [1.54, 1.807) is 12.1 Å². The van der Waals surface area contributed by atoms with Gasteiger partial charge in [0.15, 0.2) is 0 Å². The van der Waals surface area contributed by atoms with Gasteiger partial charge < -0.3 is 15.7 Å². The SMILES string of the molecule is CCC(CC)C(O)CNCC(=O)Nc1ccccc1Cl. The Balaban J connectivity index is 2.32. The van der Waals surface area contributed by atoms with E-state index < -0.39 is 6.10 Å². The van der Waals surface area contributed by atoms with Crippen LogP contribution in [0.3, 0.4) is 0 Å². The van der Waals surface area contributed by atoms with E-state index in [1.807, 2.05) is 12.1 Å². The maximum atomic E-state index is 11.7. The molecule has 20 heavy (non-hydrogen) atoms. The van der Waals surface area contributed by atoms with E-state index in [9.17, 15) is 9.90 Å². The van der Waals surface area contributed by atoms with Gasteiger partial charge in [0.25, 0.3) is 0 Å². The lowest BCUT2D eigenvalue weighted by atomic mass is 9.97. The highest BCUT2D eigenvalue weighted by molar-refractivity contribution is 6.33. The Labute approximate surface area is 125 Å². The van der Waals surface area contributed by atoms with Crippen molar-refractivity contribution in [1.29, 1.82) is 0 Å². The first-order chi connectivity index (χ1) is 9.58. The van der Waals surface area contributed by atoms with Gasteiger partial charge in [-0.15, -0.1) is 0 Å². The molecule has 1 aromatic carbocycles. The van der Waals surface area contributed by atoms with Crippen LogP contribution in [0.4, 0.5) is 5.69 Å². The zero-order valence-electron chi connectivity index (χ0n) is 12.0. The summed E-state index contributed by atoms with van der Waals surface area (Å²) < 4.78 is 0. The second-order valence-corrected chi connectivity index (χ2v) is 5.21. The van der Waals surface area contributed by atoms with Gasteiger partial charge in [0.1, 0.15) is 0 Å². The number of hydrogen-bond acceptors (Lipinski definition) is 3. The molecule has 0 saturated heterocycles. The van der Waals surface area contributed by atoms with Gasteiger partial charge in [0.2, 0.25) is 5.91 Å². The molecule has 0 heterocycles. The molecule has 0 saturated carbocycles. The van der Waals surface area contributed by atoms with Crippen LogP contribution in [0.2, 0.25) is 5.02 Å². The summed E-state index contributed by atoms with van der Waals surface area (Å²) >= 11 is 5.96. The van der Waals surface area contributed by atoms with Crippen LogP contribution >= 0.6 is 11.6 Å². The number of hydrogen-bond donors (Lipinski definition) is 3. The summed E-state index contributed by atoms with van der Waals surface area (Å²) in [7, 11) is 0. The zero-order valence-corrected chi connectivity index (χ0v) is 12.8. The van der Waals surface area contributed by atoms with Crippen LogP contribution in [0.1, 0.15) is 26.7 Å². The Morgan fingerprint density at radius 1 is 1.30 bits per heavy atom. The maximum absolute atomic E-state index is 11.7. The monoisotopic (exact) mass is 298 g/mol. The van der Waals surface area contributed by atoms with Gasteiger partial charge in [-0.2, -0.15) is 0 Å². The molecule has 3 N–H and O–H groups in total. The molecule has 5 heteroatoms. The number of amides is 1. The number of aliphatic hydroxyl groups excluding tert-OH is 1. The minimum atomic E-state index is -0.418. The molecule has 1 amide bonds. The van der Waals surface area contributed by atoms with E-state index in [0.717, 1.165) is 12.8 Å². The minimum Gasteiger partial charge on any atom is -0.392 e. The van der Waals surface area contributed by atoms with Crippen LogP contribution in [-0.4, -0.2) is 30.2 Å². The highest BCUT2D eigenvalue weighted by Gasteiger charge is 2.15. The minimum absolute atomic E-state index is 0.155. The molecule has 0 aliphatic rings. The number of carbonyl (C=O) groups excluding carboxylic acids is 1. The number of rotatable bonds is 8. The van der Waals surface area contributed by atoms with Crippen LogP contribution in [0.15, 0.2) is 24.3 Å². The van der Waals surface area contributed by atoms with Crippen LogP contribution in [0.5, 0.6) is 0 Å². The quantitative estimate of drug-likeness (QED) is 0.691. The fraction of sp³-hybridized carbons (Fsp3) is 0.533. The van der Waals surface area contributed by atoms with Crippen LogP contribution in [0.25, 0.3) is 0 Å². The third-order valence-corrected chi connectivity index (χ3v) is 3.71. The van der Waals surface area contributed by atoms with Gasteiger partial charge in [-0.25, -0.2) is 0 Å². The van der Waals surface area contributed by atoms with Crippen molar-refractivity contribution in [2.24, 2.45) is 5.92 Å². The summed E-state index contributed by atoms with van der Waals surface area (Å²) in [4.78, 5) is 11.7. The molecule has 0 fully saturated rings. The summed E-state index contributed by atoms with van der Waals surface area (Å²) in [5.74, 6) is 0.101. The van der Waals surface area contributed by atoms with Crippen LogP contribution in [0, 0.1) is 5.92 Å². The Hall–Kier alpha value is -1.10. The van der Waals surface area contributed by atoms with Crippen molar-refractivity contribution in [1.82, 2.24) is 5.32 Å². The standard InChI is InChI=1S/C15H23ClN2O2/c1-3-11(4-2)14(19)9-17-10-15(20)18-13-8-6-5-7-12(13)16/h5-8,11,14,17,19H,3-4,9-10H2,1-2H3,(H,18,20). The molecule has 1 unspecified atom stereocenters. The predicted octanol–water partition coefficient (Wildman–Crippen LogP) is 2.67. The van der Waals surface area contributed by atoms with Crippen molar-refractivity contribution >= 4 is 23.2 Å². The highest BCUT2D eigenvalue weighted by Crippen LogP contribution is 2.20. The van der Waals surface area contributed by atoms with Crippen LogP contribution < -0.4 is 10.6 Å². The molecule has 4 nitrogen and oxygen atoms in total. The number of aliphatic hydroxyl groups is 1. The fourth-order valence-electron chi connectivity index (χ4n) is 2.09. The maximum Gasteiger partial charge on any atom is 0.238 e. The molecule has 0 aliphatic heterocycles. The first-order valence-corrected chi connectivity index (χ1v) is 7.39. The Bertz CT molecular complexity index is 422. The number of anilines is 1. The molecule has 0 aliphatic carbocycles. The average molecular weight is 299 g/mol. The molecule has 0 spiro atoms. The largest absolute Gasteiger partial charge is 0.392 e. The lowest BCUT2D eigenvalue weighted by molar-refractivity contribution is -0.115. The number of nitrogens with one attached hydrogen (secondary N) is 2. The van der Waals surface area contributed by atoms with E-state index in [4.69, 9.17) is 11.6 Å². The van der Waals surface area contributed by atoms with Gasteiger partial charge >= 0.3 is 0 Å². The van der Waals surface area contributed by atoms with E-state index in [-0.39, 0.29) is 18.4 Å². The van der Waals surface area contributed by atoms with Gasteiger partial charge in [-0.3, -0.25) is 4.79 Å². The van der Waals surface area contributed by atoms with Crippen molar-refractivity contribution in [3.8, 4) is 0 Å². The molecule has 1 aromatic rings. The van der Waals surface area contributed by atoms with Crippen molar-refractivity contribution in [2.75, 3.05) is 18.4 Å². The lowest BCUT2D eigenvalue weighted by Gasteiger charge is -2.20. The molecule has 112 valence electrons. The van der Waals surface area contributed by atoms with Gasteiger partial charge in [0.05, 0.1) is 23.4 Å². The molecular formula is C15H23ClN2O2. The van der Waals surface area contributed by atoms with Gasteiger partial charge in [-0.05, 0) is 18.1 Å². The zero-order chi connectivity index (χ0) is 15.0. The summed E-state index contributed by atoms with van der Waals surface area (Å²) in [5.41, 5.74) is 0.599. The van der Waals surface area contributed by atoms with Gasteiger partial charge in [-0.1, -0.05) is 50.4 Å². The van der Waals surface area contributed by atoms with E-state index in [1.165, 1.54) is 0 Å². The number of carbonyl (C=O) groups is 1. The third-order valence-electron chi connectivity index (χ3n) is 3.38. The van der Waals surface area contributed by atoms with E-state index >= 15 is 0 Å². The topological polar surface area (TPSA) is 61.4 Å². The fourth-order valence-corrected chi connectivity index (χ4v) is 2.27. The highest BCUT2D eigenvalue weighted by atomic mass is 35.5. The normalized spacial score (nSPS) is 12.4. The predicted molar refractivity (Wildman–Crippen MR) is 83.0 cm³/mol. The third kappa shape index (κ3) is 5.49. The smallest absolute Gasteiger partial charge is 0.238 e. The number of benzene rings is 1. The van der Waals surface area contributed by atoms with Gasteiger partial charge in [0, 0.05) is 6.54 Å².